The summed E-state index contributed by atoms with van der Waals surface area (Å²) in [4.78, 5) is 21.2. The standard InChI is InChI=1S/C9H14O3/c1-4-7(3)12-9(11)8(5-2)6-10/h7H,4-5H2,1-3H3. The smallest absolute Gasteiger partial charge is 0.345 e. The largest absolute Gasteiger partial charge is 0.459 e. The van der Waals surface area contributed by atoms with Crippen LogP contribution in [-0.2, 0) is 14.3 Å². The first kappa shape index (κ1) is 10.9. The van der Waals surface area contributed by atoms with Gasteiger partial charge >= 0.3 is 5.97 Å². The van der Waals surface area contributed by atoms with Gasteiger partial charge in [-0.15, -0.1) is 0 Å². The minimum Gasteiger partial charge on any atom is -0.459 e. The maximum Gasteiger partial charge on any atom is 0.345 e. The molecule has 0 heterocycles. The predicted octanol–water partition coefficient (Wildman–Crippen LogP) is 1.50. The highest BCUT2D eigenvalue weighted by atomic mass is 16.5. The second kappa shape index (κ2) is 5.56. The molecule has 3 heteroatoms. The molecule has 1 atom stereocenters. The Labute approximate surface area is 72.4 Å². The van der Waals surface area contributed by atoms with Gasteiger partial charge in [-0.2, -0.15) is 0 Å². The second-order valence-electron chi connectivity index (χ2n) is 2.56. The molecule has 0 aromatic rings. The Bertz CT molecular complexity index is 202. The number of carbonyl (C=O) groups excluding carboxylic acids is 2. The Morgan fingerprint density at radius 1 is 1.50 bits per heavy atom. The first-order chi connectivity index (χ1) is 5.65. The Hall–Kier alpha value is -1.08. The molecule has 0 aliphatic rings. The predicted molar refractivity (Wildman–Crippen MR) is 45.3 cm³/mol. The van der Waals surface area contributed by atoms with Crippen molar-refractivity contribution >= 4 is 11.9 Å². The molecule has 0 bridgehead atoms. The van der Waals surface area contributed by atoms with Gasteiger partial charge in [0.1, 0.15) is 11.5 Å². The zero-order valence-corrected chi connectivity index (χ0v) is 7.72. The molecular weight excluding hydrogens is 156 g/mol. The monoisotopic (exact) mass is 170 g/mol. The number of rotatable bonds is 4. The van der Waals surface area contributed by atoms with Crippen LogP contribution >= 0.6 is 0 Å². The summed E-state index contributed by atoms with van der Waals surface area (Å²) >= 11 is 0. The number of esters is 1. The molecule has 0 rings (SSSR count). The van der Waals surface area contributed by atoms with Gasteiger partial charge in [0.2, 0.25) is 0 Å². The molecule has 12 heavy (non-hydrogen) atoms. The van der Waals surface area contributed by atoms with E-state index in [0.29, 0.717) is 6.42 Å². The lowest BCUT2D eigenvalue weighted by molar-refractivity contribution is -0.143. The second-order valence-corrected chi connectivity index (χ2v) is 2.56. The maximum atomic E-state index is 11.1. The Morgan fingerprint density at radius 3 is 2.42 bits per heavy atom. The van der Waals surface area contributed by atoms with E-state index < -0.39 is 5.97 Å². The third-order valence-electron chi connectivity index (χ3n) is 1.61. The Morgan fingerprint density at radius 2 is 2.08 bits per heavy atom. The number of hydrogen-bond donors (Lipinski definition) is 0. The van der Waals surface area contributed by atoms with Gasteiger partial charge in [0.25, 0.3) is 0 Å². The summed E-state index contributed by atoms with van der Waals surface area (Å²) in [5.41, 5.74) is 0.0790. The van der Waals surface area contributed by atoms with E-state index in [1.807, 2.05) is 6.92 Å². The van der Waals surface area contributed by atoms with Gasteiger partial charge < -0.3 is 4.74 Å². The molecule has 0 aliphatic carbocycles. The molecule has 0 fully saturated rings. The average Bonchev–Trinajstić information content (AvgIpc) is 2.06. The van der Waals surface area contributed by atoms with Crippen molar-refractivity contribution in [2.75, 3.05) is 0 Å². The normalized spacial score (nSPS) is 11.6. The minimum absolute atomic E-state index is 0.0790. The van der Waals surface area contributed by atoms with Crippen molar-refractivity contribution < 1.29 is 14.3 Å². The van der Waals surface area contributed by atoms with Crippen molar-refractivity contribution in [3.8, 4) is 0 Å². The van der Waals surface area contributed by atoms with Gasteiger partial charge in [0, 0.05) is 0 Å². The quantitative estimate of drug-likeness (QED) is 0.365. The number of hydrogen-bond acceptors (Lipinski definition) is 3. The van der Waals surface area contributed by atoms with Crippen LogP contribution in [0, 0.1) is 0 Å². The van der Waals surface area contributed by atoms with E-state index in [-0.39, 0.29) is 11.7 Å². The molecular formula is C9H14O3. The molecule has 68 valence electrons. The Kier molecular flexibility index (Phi) is 5.06. The van der Waals surface area contributed by atoms with Crippen molar-refractivity contribution in [1.29, 1.82) is 0 Å². The van der Waals surface area contributed by atoms with Crippen LogP contribution in [0.25, 0.3) is 0 Å². The molecule has 3 nitrogen and oxygen atoms in total. The van der Waals surface area contributed by atoms with Crippen LogP contribution in [0.5, 0.6) is 0 Å². The van der Waals surface area contributed by atoms with Gasteiger partial charge in [-0.1, -0.05) is 13.8 Å². The zero-order chi connectivity index (χ0) is 9.56. The lowest BCUT2D eigenvalue weighted by atomic mass is 10.2. The third kappa shape index (κ3) is 3.35. The highest BCUT2D eigenvalue weighted by Gasteiger charge is 2.12. The summed E-state index contributed by atoms with van der Waals surface area (Å²) in [6, 6.07) is 0. The Balaban J connectivity index is 4.12. The van der Waals surface area contributed by atoms with E-state index in [1.165, 1.54) is 0 Å². The molecule has 1 unspecified atom stereocenters. The van der Waals surface area contributed by atoms with Crippen molar-refractivity contribution in [2.45, 2.75) is 39.7 Å². The lowest BCUT2D eigenvalue weighted by Crippen LogP contribution is -2.15. The summed E-state index contributed by atoms with van der Waals surface area (Å²) in [5, 5.41) is 0. The summed E-state index contributed by atoms with van der Waals surface area (Å²) in [6.45, 7) is 5.42. The molecule has 0 spiro atoms. The molecule has 0 amide bonds. The van der Waals surface area contributed by atoms with Crippen LogP contribution in [-0.4, -0.2) is 18.0 Å². The van der Waals surface area contributed by atoms with E-state index in [2.05, 4.69) is 0 Å². The molecule has 0 N–H and O–H groups in total. The lowest BCUT2D eigenvalue weighted by Gasteiger charge is -2.09. The van der Waals surface area contributed by atoms with Gasteiger partial charge in [-0.3, -0.25) is 0 Å². The topological polar surface area (TPSA) is 43.4 Å². The molecule has 0 radical (unpaired) electrons. The summed E-state index contributed by atoms with van der Waals surface area (Å²) in [7, 11) is 0. The maximum absolute atomic E-state index is 11.1. The van der Waals surface area contributed by atoms with E-state index in [4.69, 9.17) is 4.74 Å². The molecule has 0 aromatic heterocycles. The SMILES string of the molecule is CCC(=C=O)C(=O)OC(C)CC. The first-order valence-electron chi connectivity index (χ1n) is 4.10. The van der Waals surface area contributed by atoms with Crippen molar-refractivity contribution in [3.63, 3.8) is 0 Å². The fourth-order valence-electron chi connectivity index (χ4n) is 0.595. The van der Waals surface area contributed by atoms with E-state index in [1.54, 1.807) is 19.8 Å². The van der Waals surface area contributed by atoms with Gasteiger partial charge in [0.05, 0.1) is 6.10 Å². The van der Waals surface area contributed by atoms with Crippen molar-refractivity contribution in [3.05, 3.63) is 5.57 Å². The first-order valence-corrected chi connectivity index (χ1v) is 4.10. The summed E-state index contributed by atoms with van der Waals surface area (Å²) in [5.74, 6) is 1.03. The van der Waals surface area contributed by atoms with E-state index in [9.17, 15) is 9.59 Å². The molecule has 0 saturated carbocycles. The van der Waals surface area contributed by atoms with Crippen LogP contribution in [0.3, 0.4) is 0 Å². The van der Waals surface area contributed by atoms with E-state index >= 15 is 0 Å². The van der Waals surface area contributed by atoms with Crippen LogP contribution in [0.2, 0.25) is 0 Å². The fraction of sp³-hybridized carbons (Fsp3) is 0.667. The van der Waals surface area contributed by atoms with Gasteiger partial charge in [-0.05, 0) is 19.8 Å². The number of ether oxygens (including phenoxy) is 1. The number of carbonyl (C=O) groups is 1. The van der Waals surface area contributed by atoms with Crippen molar-refractivity contribution in [1.82, 2.24) is 0 Å². The summed E-state index contributed by atoms with van der Waals surface area (Å²) < 4.78 is 4.90. The van der Waals surface area contributed by atoms with Crippen LogP contribution < -0.4 is 0 Å². The van der Waals surface area contributed by atoms with Gasteiger partial charge in [0.15, 0.2) is 0 Å². The summed E-state index contributed by atoms with van der Waals surface area (Å²) in [6.07, 6.45) is 0.993. The fourth-order valence-corrected chi connectivity index (χ4v) is 0.595. The average molecular weight is 170 g/mol. The van der Waals surface area contributed by atoms with Crippen LogP contribution in [0.1, 0.15) is 33.6 Å². The molecule has 0 aromatic carbocycles. The molecule has 0 saturated heterocycles. The highest BCUT2D eigenvalue weighted by molar-refractivity contribution is 5.96. The zero-order valence-electron chi connectivity index (χ0n) is 7.72. The molecule has 0 aliphatic heterocycles. The van der Waals surface area contributed by atoms with Crippen molar-refractivity contribution in [2.24, 2.45) is 0 Å². The minimum atomic E-state index is -0.540. The van der Waals surface area contributed by atoms with Crippen LogP contribution in [0.4, 0.5) is 0 Å². The third-order valence-corrected chi connectivity index (χ3v) is 1.61. The van der Waals surface area contributed by atoms with Gasteiger partial charge in [-0.25, -0.2) is 9.59 Å². The van der Waals surface area contributed by atoms with Crippen LogP contribution in [0.15, 0.2) is 5.57 Å². The van der Waals surface area contributed by atoms with E-state index in [0.717, 1.165) is 6.42 Å². The highest BCUT2D eigenvalue weighted by Crippen LogP contribution is 2.03.